The maximum atomic E-state index is 6.80. The van der Waals surface area contributed by atoms with Crippen molar-refractivity contribution in [3.05, 3.63) is 324 Å². The average Bonchev–Trinajstić information content (AvgIpc) is 4.31. The fourth-order valence-corrected chi connectivity index (χ4v) is 15.5. The number of hydrogen-bond donors (Lipinski definition) is 0. The van der Waals surface area contributed by atoms with Crippen molar-refractivity contribution in [2.75, 3.05) is 4.90 Å². The molecule has 364 valence electrons. The fraction of sp³-hybridized carbons (Fsp3) is 0.0270. The van der Waals surface area contributed by atoms with Gasteiger partial charge in [0.05, 0.1) is 27.6 Å². The van der Waals surface area contributed by atoms with Crippen LogP contribution in [0.15, 0.2) is 289 Å². The number of benzene rings is 12. The maximum absolute atomic E-state index is 6.80. The van der Waals surface area contributed by atoms with Crippen molar-refractivity contribution in [1.29, 1.82) is 0 Å². The van der Waals surface area contributed by atoms with Crippen molar-refractivity contribution in [3.8, 4) is 50.6 Å². The largest absolute Gasteiger partial charge is 0.457 e. The standard InChI is InChI=1S/C74H46N2OS/c1-2-21-49(22-3-1)76-65-34-13-6-25-54(65)55-42-40-48(45-67(55)76)47-20-18-23-50(44-47)75(51-41-43-53-52-24-4-7-27-57(52)74(64(53)46-51)61-31-11-16-38-70(61)78-71-39-17-12-32-62(71)74)66-35-19-33-63-72(66)56-26-5-8-28-58(56)73(63)59-29-9-14-36-68(59)77-69-37-15-10-30-60(69)73/h1-46H. The minimum atomic E-state index is -0.635. The number of anilines is 3. The molecule has 78 heavy (non-hydrogen) atoms. The van der Waals surface area contributed by atoms with Crippen molar-refractivity contribution in [2.45, 2.75) is 20.6 Å². The van der Waals surface area contributed by atoms with Crippen LogP contribution in [0.3, 0.4) is 0 Å². The van der Waals surface area contributed by atoms with E-state index in [1.165, 1.54) is 87.2 Å². The van der Waals surface area contributed by atoms with E-state index in [1.54, 1.807) is 0 Å². The van der Waals surface area contributed by atoms with E-state index in [1.807, 2.05) is 11.8 Å². The van der Waals surface area contributed by atoms with Gasteiger partial charge >= 0.3 is 0 Å². The Morgan fingerprint density at radius 1 is 0.333 bits per heavy atom. The van der Waals surface area contributed by atoms with Gasteiger partial charge in [-0.05, 0) is 140 Å². The van der Waals surface area contributed by atoms with E-state index in [-0.39, 0.29) is 0 Å². The predicted molar refractivity (Wildman–Crippen MR) is 320 cm³/mol. The second kappa shape index (κ2) is 16.4. The molecule has 3 nitrogen and oxygen atoms in total. The number of aromatic nitrogens is 1. The summed E-state index contributed by atoms with van der Waals surface area (Å²) in [7, 11) is 0. The number of hydrogen-bond acceptors (Lipinski definition) is 3. The van der Waals surface area contributed by atoms with E-state index in [9.17, 15) is 0 Å². The number of rotatable bonds is 5. The molecule has 0 amide bonds. The third-order valence-electron chi connectivity index (χ3n) is 17.3. The van der Waals surface area contributed by atoms with Crippen LogP contribution < -0.4 is 9.64 Å². The van der Waals surface area contributed by atoms with E-state index in [2.05, 4.69) is 289 Å². The van der Waals surface area contributed by atoms with Crippen molar-refractivity contribution in [1.82, 2.24) is 4.57 Å². The van der Waals surface area contributed by atoms with Gasteiger partial charge in [0.2, 0.25) is 0 Å². The minimum absolute atomic E-state index is 0.550. The van der Waals surface area contributed by atoms with Crippen LogP contribution in [0.25, 0.3) is 60.9 Å². The van der Waals surface area contributed by atoms with E-state index in [4.69, 9.17) is 4.74 Å². The molecular weight excluding hydrogens is 965 g/mol. The van der Waals surface area contributed by atoms with Gasteiger partial charge in [-0.25, -0.2) is 0 Å². The topological polar surface area (TPSA) is 17.4 Å². The number of para-hydroxylation sites is 4. The van der Waals surface area contributed by atoms with Crippen molar-refractivity contribution < 1.29 is 4.74 Å². The van der Waals surface area contributed by atoms with Gasteiger partial charge in [-0.2, -0.15) is 0 Å². The zero-order valence-corrected chi connectivity index (χ0v) is 43.1. The molecule has 0 N–H and O–H groups in total. The number of nitrogens with zero attached hydrogens (tertiary/aromatic N) is 2. The van der Waals surface area contributed by atoms with Gasteiger partial charge in [0.1, 0.15) is 11.5 Å². The molecule has 0 atom stereocenters. The summed E-state index contributed by atoms with van der Waals surface area (Å²) in [4.78, 5) is 5.13. The van der Waals surface area contributed by atoms with Crippen molar-refractivity contribution in [3.63, 3.8) is 0 Å². The third-order valence-corrected chi connectivity index (χ3v) is 18.5. The summed E-state index contributed by atoms with van der Waals surface area (Å²) in [6.07, 6.45) is 0. The molecule has 4 heteroatoms. The Labute approximate surface area is 456 Å². The normalized spacial score (nSPS) is 14.2. The first kappa shape index (κ1) is 43.6. The van der Waals surface area contributed by atoms with Crippen LogP contribution in [0.4, 0.5) is 17.1 Å². The molecule has 2 aliphatic heterocycles. The summed E-state index contributed by atoms with van der Waals surface area (Å²) < 4.78 is 9.22. The molecule has 3 heterocycles. The predicted octanol–water partition coefficient (Wildman–Crippen LogP) is 19.2. The summed E-state index contributed by atoms with van der Waals surface area (Å²) in [5.41, 5.74) is 22.9. The molecule has 2 aliphatic carbocycles. The summed E-state index contributed by atoms with van der Waals surface area (Å²) in [6, 6.07) is 104. The van der Waals surface area contributed by atoms with Gasteiger partial charge in [-0.15, -0.1) is 0 Å². The molecule has 0 bridgehead atoms. The van der Waals surface area contributed by atoms with Gasteiger partial charge in [-0.3, -0.25) is 0 Å². The van der Waals surface area contributed by atoms with E-state index in [0.29, 0.717) is 0 Å². The molecule has 13 aromatic rings. The number of ether oxygens (including phenoxy) is 1. The van der Waals surface area contributed by atoms with Crippen LogP contribution in [0.1, 0.15) is 44.5 Å². The lowest BCUT2D eigenvalue weighted by molar-refractivity contribution is 0.436. The first-order valence-electron chi connectivity index (χ1n) is 26.9. The molecule has 17 rings (SSSR count). The number of fused-ring (bicyclic) bond motifs is 21. The highest BCUT2D eigenvalue weighted by atomic mass is 32.2. The lowest BCUT2D eigenvalue weighted by Gasteiger charge is -2.40. The van der Waals surface area contributed by atoms with Crippen LogP contribution in [0.5, 0.6) is 11.5 Å². The first-order valence-corrected chi connectivity index (χ1v) is 27.7. The van der Waals surface area contributed by atoms with Gasteiger partial charge in [0, 0.05) is 54.3 Å². The Bertz CT molecular complexity index is 4570. The van der Waals surface area contributed by atoms with E-state index >= 15 is 0 Å². The van der Waals surface area contributed by atoms with Crippen LogP contribution in [-0.2, 0) is 10.8 Å². The average molecular weight is 1010 g/mol. The van der Waals surface area contributed by atoms with E-state index < -0.39 is 10.8 Å². The smallest absolute Gasteiger partial charge is 0.132 e. The highest BCUT2D eigenvalue weighted by Gasteiger charge is 2.53. The van der Waals surface area contributed by atoms with Gasteiger partial charge in [0.25, 0.3) is 0 Å². The second-order valence-corrected chi connectivity index (χ2v) is 22.1. The van der Waals surface area contributed by atoms with Crippen LogP contribution in [0.2, 0.25) is 0 Å². The summed E-state index contributed by atoms with van der Waals surface area (Å²) >= 11 is 1.88. The SMILES string of the molecule is c1ccc(-n2c3ccccc3c3ccc(-c4cccc(N(c5ccc6c(c5)C5(c7ccccc7Sc7ccccc75)c5ccccc5-6)c5cccc6c5-c5ccccc5C65c6ccccc6Oc6ccccc65)c4)cc32)cc1. The van der Waals surface area contributed by atoms with Crippen molar-refractivity contribution in [2.24, 2.45) is 0 Å². The summed E-state index contributed by atoms with van der Waals surface area (Å²) in [6.45, 7) is 0. The molecule has 1 aromatic heterocycles. The second-order valence-electron chi connectivity index (χ2n) is 21.0. The highest BCUT2D eigenvalue weighted by Crippen LogP contribution is 2.66. The van der Waals surface area contributed by atoms with Gasteiger partial charge in [-0.1, -0.05) is 212 Å². The first-order chi connectivity index (χ1) is 38.7. The van der Waals surface area contributed by atoms with Gasteiger partial charge in [0.15, 0.2) is 0 Å². The Hall–Kier alpha value is -9.61. The molecule has 0 radical (unpaired) electrons. The van der Waals surface area contributed by atoms with Crippen LogP contribution >= 0.6 is 11.8 Å². The molecular formula is C74H46N2OS. The minimum Gasteiger partial charge on any atom is -0.457 e. The monoisotopic (exact) mass is 1010 g/mol. The fourth-order valence-electron chi connectivity index (χ4n) is 14.3. The summed E-state index contributed by atoms with van der Waals surface area (Å²) in [5, 5.41) is 2.48. The van der Waals surface area contributed by atoms with Crippen molar-refractivity contribution >= 4 is 50.6 Å². The molecule has 0 saturated carbocycles. The zero-order valence-electron chi connectivity index (χ0n) is 42.3. The van der Waals surface area contributed by atoms with E-state index in [0.717, 1.165) is 56.5 Å². The molecule has 0 unspecified atom stereocenters. The third kappa shape index (κ3) is 5.79. The summed E-state index contributed by atoms with van der Waals surface area (Å²) in [5.74, 6) is 1.76. The highest BCUT2D eigenvalue weighted by molar-refractivity contribution is 7.99. The Kier molecular flexibility index (Phi) is 9.20. The zero-order chi connectivity index (χ0) is 51.1. The van der Waals surface area contributed by atoms with Crippen LogP contribution in [0, 0.1) is 0 Å². The lowest BCUT2D eigenvalue weighted by atomic mass is 9.66. The van der Waals surface area contributed by atoms with Gasteiger partial charge < -0.3 is 14.2 Å². The van der Waals surface area contributed by atoms with Crippen LogP contribution in [-0.4, -0.2) is 4.57 Å². The molecule has 4 aliphatic rings. The quantitative estimate of drug-likeness (QED) is 0.171. The molecule has 0 fully saturated rings. The Morgan fingerprint density at radius 2 is 0.872 bits per heavy atom. The Balaban J connectivity index is 0.945. The Morgan fingerprint density at radius 3 is 1.63 bits per heavy atom. The molecule has 12 aromatic carbocycles. The lowest BCUT2D eigenvalue weighted by Crippen LogP contribution is -2.32. The molecule has 0 saturated heterocycles. The maximum Gasteiger partial charge on any atom is 0.132 e. The molecule has 2 spiro atoms.